The summed E-state index contributed by atoms with van der Waals surface area (Å²) in [5.74, 6) is 0.669. The number of ketones is 3. The average molecular weight is 481 g/mol. The molecule has 0 aliphatic heterocycles. The molecular weight excluding hydrogens is 444 g/mol. The fraction of sp³-hybridized carbons (Fsp3) is 0.400. The van der Waals surface area contributed by atoms with Crippen molar-refractivity contribution >= 4 is 51.4 Å². The lowest BCUT2D eigenvalue weighted by molar-refractivity contribution is 0.0980. The van der Waals surface area contributed by atoms with Crippen LogP contribution in [0.25, 0.3) is 0 Å². The SMILES string of the molecule is CC.CC.CC(=O)c1cccs1.CCC(=O)c1cccs1.CCCC(=O)c1cccs1. The molecule has 0 radical (unpaired) electrons. The van der Waals surface area contributed by atoms with Crippen LogP contribution in [-0.4, -0.2) is 17.3 Å². The van der Waals surface area contributed by atoms with Gasteiger partial charge in [0.25, 0.3) is 0 Å². The van der Waals surface area contributed by atoms with Gasteiger partial charge in [-0.15, -0.1) is 34.0 Å². The van der Waals surface area contributed by atoms with Gasteiger partial charge in [-0.05, 0) is 47.7 Å². The van der Waals surface area contributed by atoms with Gasteiger partial charge in [0, 0.05) is 12.8 Å². The second kappa shape index (κ2) is 21.3. The van der Waals surface area contributed by atoms with Crippen molar-refractivity contribution in [2.75, 3.05) is 0 Å². The molecule has 0 saturated heterocycles. The number of hydrogen-bond donors (Lipinski definition) is 0. The van der Waals surface area contributed by atoms with E-state index in [-0.39, 0.29) is 17.3 Å². The van der Waals surface area contributed by atoms with E-state index in [0.717, 1.165) is 21.1 Å². The molecule has 0 unspecified atom stereocenters. The summed E-state index contributed by atoms with van der Waals surface area (Å²) < 4.78 is 0. The number of carbonyl (C=O) groups excluding carboxylic acids is 3. The van der Waals surface area contributed by atoms with Crippen LogP contribution in [0.3, 0.4) is 0 Å². The van der Waals surface area contributed by atoms with E-state index in [1.54, 1.807) is 6.92 Å². The van der Waals surface area contributed by atoms with E-state index in [1.807, 2.05) is 94.1 Å². The maximum atomic E-state index is 11.1. The molecule has 0 atom stereocenters. The first-order valence-electron chi connectivity index (χ1n) is 10.7. The van der Waals surface area contributed by atoms with Crippen LogP contribution in [0.1, 0.15) is 96.7 Å². The minimum absolute atomic E-state index is 0.153. The van der Waals surface area contributed by atoms with Gasteiger partial charge in [-0.1, -0.05) is 59.7 Å². The van der Waals surface area contributed by atoms with E-state index in [4.69, 9.17) is 0 Å². The molecule has 0 aromatic carbocycles. The Labute approximate surface area is 200 Å². The number of rotatable bonds is 6. The van der Waals surface area contributed by atoms with E-state index in [2.05, 4.69) is 0 Å². The molecule has 3 aromatic rings. The second-order valence-electron chi connectivity index (χ2n) is 5.44. The third kappa shape index (κ3) is 14.7. The topological polar surface area (TPSA) is 51.2 Å². The lowest BCUT2D eigenvalue weighted by Crippen LogP contribution is -1.92. The van der Waals surface area contributed by atoms with Gasteiger partial charge in [0.2, 0.25) is 0 Å². The van der Waals surface area contributed by atoms with Crippen LogP contribution in [-0.2, 0) is 0 Å². The molecule has 0 bridgehead atoms. The summed E-state index contributed by atoms with van der Waals surface area (Å²) in [4.78, 5) is 35.1. The monoisotopic (exact) mass is 480 g/mol. The van der Waals surface area contributed by atoms with E-state index in [9.17, 15) is 14.4 Å². The van der Waals surface area contributed by atoms with Crippen molar-refractivity contribution in [3.63, 3.8) is 0 Å². The largest absolute Gasteiger partial charge is 0.294 e. The molecule has 0 fully saturated rings. The highest BCUT2D eigenvalue weighted by atomic mass is 32.1. The molecule has 0 aliphatic carbocycles. The van der Waals surface area contributed by atoms with Crippen LogP contribution in [0, 0.1) is 0 Å². The predicted molar refractivity (Wildman–Crippen MR) is 140 cm³/mol. The first-order valence-corrected chi connectivity index (χ1v) is 13.3. The van der Waals surface area contributed by atoms with Crippen LogP contribution in [0.15, 0.2) is 52.5 Å². The summed E-state index contributed by atoms with van der Waals surface area (Å²) in [5, 5.41) is 5.75. The zero-order chi connectivity index (χ0) is 24.1. The van der Waals surface area contributed by atoms with Crippen LogP contribution in [0.4, 0.5) is 0 Å². The van der Waals surface area contributed by atoms with Crippen molar-refractivity contribution in [2.45, 2.75) is 67.7 Å². The minimum Gasteiger partial charge on any atom is -0.294 e. The fourth-order valence-corrected chi connectivity index (χ4v) is 3.94. The number of Topliss-reactive ketones (excluding diaryl/α,β-unsaturated/α-hetero) is 3. The van der Waals surface area contributed by atoms with Crippen LogP contribution in [0.5, 0.6) is 0 Å². The highest BCUT2D eigenvalue weighted by molar-refractivity contribution is 7.12. The van der Waals surface area contributed by atoms with Gasteiger partial charge in [0.15, 0.2) is 17.3 Å². The lowest BCUT2D eigenvalue weighted by Gasteiger charge is -1.90. The highest BCUT2D eigenvalue weighted by Crippen LogP contribution is 2.12. The van der Waals surface area contributed by atoms with E-state index in [1.165, 1.54) is 34.0 Å². The van der Waals surface area contributed by atoms with Crippen molar-refractivity contribution in [1.29, 1.82) is 0 Å². The zero-order valence-electron chi connectivity index (χ0n) is 19.8. The van der Waals surface area contributed by atoms with Crippen LogP contribution >= 0.6 is 34.0 Å². The van der Waals surface area contributed by atoms with Crippen molar-refractivity contribution in [2.24, 2.45) is 0 Å². The van der Waals surface area contributed by atoms with Gasteiger partial charge >= 0.3 is 0 Å². The number of carbonyl (C=O) groups is 3. The second-order valence-corrected chi connectivity index (χ2v) is 8.28. The molecule has 0 aliphatic rings. The Morgan fingerprint density at radius 3 is 1.32 bits per heavy atom. The van der Waals surface area contributed by atoms with Crippen molar-refractivity contribution in [1.82, 2.24) is 0 Å². The first-order chi connectivity index (χ1) is 15.0. The Morgan fingerprint density at radius 1 is 0.677 bits per heavy atom. The molecule has 172 valence electrons. The van der Waals surface area contributed by atoms with Gasteiger partial charge in [0.1, 0.15) is 0 Å². The highest BCUT2D eigenvalue weighted by Gasteiger charge is 2.03. The number of thiophene rings is 3. The molecule has 3 heterocycles. The van der Waals surface area contributed by atoms with Gasteiger partial charge in [0.05, 0.1) is 14.6 Å². The summed E-state index contributed by atoms with van der Waals surface area (Å²) >= 11 is 4.51. The molecule has 6 heteroatoms. The van der Waals surface area contributed by atoms with Crippen molar-refractivity contribution in [3.05, 3.63) is 67.2 Å². The Morgan fingerprint density at radius 2 is 1.06 bits per heavy atom. The Hall–Kier alpha value is -1.89. The minimum atomic E-state index is 0.153. The normalized spacial score (nSPS) is 8.61. The lowest BCUT2D eigenvalue weighted by atomic mass is 10.2. The van der Waals surface area contributed by atoms with Crippen molar-refractivity contribution in [3.8, 4) is 0 Å². The standard InChI is InChI=1S/C8H10OS.C7H8OS.C6H6OS.2C2H6/c1-2-4-7(9)8-5-3-6-10-8;1-2-6(8)7-4-3-5-9-7;1-5(7)6-3-2-4-8-6;2*1-2/h3,5-6H,2,4H2,1H3;3-5H,2H2,1H3;2-4H,1H3;2*1-2H3. The molecule has 0 spiro atoms. The fourth-order valence-electron chi connectivity index (χ4n) is 1.88. The van der Waals surface area contributed by atoms with E-state index in [0.29, 0.717) is 12.8 Å². The summed E-state index contributed by atoms with van der Waals surface area (Å²) in [6.07, 6.45) is 2.23. The Kier molecular flexibility index (Phi) is 21.6. The molecule has 31 heavy (non-hydrogen) atoms. The third-order valence-corrected chi connectivity index (χ3v) is 6.05. The maximum absolute atomic E-state index is 11.1. The smallest absolute Gasteiger partial charge is 0.172 e. The van der Waals surface area contributed by atoms with Crippen LogP contribution < -0.4 is 0 Å². The molecule has 3 aromatic heterocycles. The quantitative estimate of drug-likeness (QED) is 0.331. The summed E-state index contributed by atoms with van der Waals surface area (Å²) in [5.41, 5.74) is 0. The molecule has 3 nitrogen and oxygen atoms in total. The van der Waals surface area contributed by atoms with Gasteiger partial charge in [-0.2, -0.15) is 0 Å². The van der Waals surface area contributed by atoms with Gasteiger partial charge in [-0.25, -0.2) is 0 Å². The Balaban J connectivity index is 0. The predicted octanol–water partition coefficient (Wildman–Crippen LogP) is 9.07. The summed E-state index contributed by atoms with van der Waals surface area (Å²) in [6, 6.07) is 11.2. The molecule has 0 N–H and O–H groups in total. The molecule has 3 rings (SSSR count). The Bertz CT molecular complexity index is 787. The molecule has 0 saturated carbocycles. The third-order valence-electron chi connectivity index (χ3n) is 3.26. The van der Waals surface area contributed by atoms with Gasteiger partial charge in [-0.3, -0.25) is 14.4 Å². The summed E-state index contributed by atoms with van der Waals surface area (Å²) in [6.45, 7) is 13.5. The van der Waals surface area contributed by atoms with Crippen LogP contribution in [0.2, 0.25) is 0 Å². The molecular formula is C25H36O3S3. The zero-order valence-corrected chi connectivity index (χ0v) is 22.2. The van der Waals surface area contributed by atoms with E-state index < -0.39 is 0 Å². The summed E-state index contributed by atoms with van der Waals surface area (Å²) in [7, 11) is 0. The number of hydrogen-bond acceptors (Lipinski definition) is 6. The van der Waals surface area contributed by atoms with Gasteiger partial charge < -0.3 is 0 Å². The maximum Gasteiger partial charge on any atom is 0.172 e. The molecule has 0 amide bonds. The first kappa shape index (κ1) is 31.3. The van der Waals surface area contributed by atoms with E-state index >= 15 is 0 Å². The average Bonchev–Trinajstić information content (AvgIpc) is 3.59. The van der Waals surface area contributed by atoms with Crippen molar-refractivity contribution < 1.29 is 14.4 Å².